The normalized spacial score (nSPS) is 16.1. The van der Waals surface area contributed by atoms with E-state index in [0.29, 0.717) is 0 Å². The van der Waals surface area contributed by atoms with Gasteiger partial charge < -0.3 is 10.6 Å². The Hall–Kier alpha value is -2.14. The second kappa shape index (κ2) is 6.10. The van der Waals surface area contributed by atoms with Crippen LogP contribution >= 0.6 is 0 Å². The van der Waals surface area contributed by atoms with Gasteiger partial charge in [0.1, 0.15) is 0 Å². The van der Waals surface area contributed by atoms with Gasteiger partial charge in [-0.25, -0.2) is 9.97 Å². The molecule has 5 heteroatoms. The molecule has 0 amide bonds. The monoisotopic (exact) mass is 283 g/mol. The Kier molecular flexibility index (Phi) is 4.01. The maximum Gasteiger partial charge on any atom is 0.225 e. The standard InChI is InChI=1S/C16H21N5/c1-13-11-14(3-4-15(13)17)12-20-7-9-21(10-8-20)16-18-5-2-6-19-16/h2-6,11H,7-10,12,17H2,1H3. The molecule has 2 aromatic rings. The van der Waals surface area contributed by atoms with Crippen LogP contribution in [-0.2, 0) is 6.54 Å². The topological polar surface area (TPSA) is 58.3 Å². The average molecular weight is 283 g/mol. The van der Waals surface area contributed by atoms with Gasteiger partial charge in [-0.2, -0.15) is 0 Å². The fourth-order valence-electron chi connectivity index (χ4n) is 2.65. The molecule has 5 nitrogen and oxygen atoms in total. The Morgan fingerprint density at radius 2 is 1.81 bits per heavy atom. The fraction of sp³-hybridized carbons (Fsp3) is 0.375. The molecule has 2 heterocycles. The molecule has 0 atom stereocenters. The second-order valence-electron chi connectivity index (χ2n) is 5.50. The third-order valence-corrected chi connectivity index (χ3v) is 3.95. The minimum absolute atomic E-state index is 0.834. The Morgan fingerprint density at radius 3 is 2.48 bits per heavy atom. The number of aromatic nitrogens is 2. The van der Waals surface area contributed by atoms with Crippen LogP contribution in [0.2, 0.25) is 0 Å². The molecule has 21 heavy (non-hydrogen) atoms. The van der Waals surface area contributed by atoms with Crippen molar-refractivity contribution in [2.24, 2.45) is 0 Å². The quantitative estimate of drug-likeness (QED) is 0.869. The van der Waals surface area contributed by atoms with Gasteiger partial charge in [-0.3, -0.25) is 4.90 Å². The maximum absolute atomic E-state index is 5.87. The summed E-state index contributed by atoms with van der Waals surface area (Å²) >= 11 is 0. The van der Waals surface area contributed by atoms with Crippen molar-refractivity contribution in [1.29, 1.82) is 0 Å². The first-order valence-electron chi connectivity index (χ1n) is 7.32. The summed E-state index contributed by atoms with van der Waals surface area (Å²) < 4.78 is 0. The molecule has 1 aliphatic rings. The van der Waals surface area contributed by atoms with Crippen LogP contribution in [0.5, 0.6) is 0 Å². The lowest BCUT2D eigenvalue weighted by molar-refractivity contribution is 0.248. The molecule has 110 valence electrons. The number of nitrogens with two attached hydrogens (primary N) is 1. The highest BCUT2D eigenvalue weighted by Gasteiger charge is 2.18. The molecular weight excluding hydrogens is 262 g/mol. The van der Waals surface area contributed by atoms with Gasteiger partial charge in [0.2, 0.25) is 5.95 Å². The van der Waals surface area contributed by atoms with Gasteiger partial charge in [0.15, 0.2) is 0 Å². The third-order valence-electron chi connectivity index (χ3n) is 3.95. The van der Waals surface area contributed by atoms with E-state index in [4.69, 9.17) is 5.73 Å². The van der Waals surface area contributed by atoms with Crippen LogP contribution in [-0.4, -0.2) is 41.0 Å². The number of nitrogens with zero attached hydrogens (tertiary/aromatic N) is 4. The van der Waals surface area contributed by atoms with Gasteiger partial charge in [0.25, 0.3) is 0 Å². The molecule has 0 saturated carbocycles. The average Bonchev–Trinajstić information content (AvgIpc) is 2.53. The number of rotatable bonds is 3. The highest BCUT2D eigenvalue weighted by atomic mass is 15.3. The number of anilines is 2. The minimum atomic E-state index is 0.834. The Labute approximate surface area is 125 Å². The number of nitrogen functional groups attached to an aromatic ring is 1. The Morgan fingerprint density at radius 1 is 1.10 bits per heavy atom. The van der Waals surface area contributed by atoms with Crippen molar-refractivity contribution in [3.8, 4) is 0 Å². The molecule has 1 aromatic carbocycles. The molecule has 2 N–H and O–H groups in total. The van der Waals surface area contributed by atoms with Gasteiger partial charge in [-0.1, -0.05) is 12.1 Å². The van der Waals surface area contributed by atoms with E-state index in [1.54, 1.807) is 12.4 Å². The lowest BCUT2D eigenvalue weighted by Crippen LogP contribution is -2.46. The van der Waals surface area contributed by atoms with Gasteiger partial charge in [-0.05, 0) is 30.2 Å². The van der Waals surface area contributed by atoms with Crippen molar-refractivity contribution in [3.63, 3.8) is 0 Å². The summed E-state index contributed by atoms with van der Waals surface area (Å²) in [6, 6.07) is 8.15. The van der Waals surface area contributed by atoms with E-state index in [1.165, 1.54) is 5.56 Å². The Balaban J connectivity index is 1.57. The van der Waals surface area contributed by atoms with Crippen LogP contribution in [0.15, 0.2) is 36.7 Å². The van der Waals surface area contributed by atoms with Crippen LogP contribution in [0.4, 0.5) is 11.6 Å². The summed E-state index contributed by atoms with van der Waals surface area (Å²) in [5.41, 5.74) is 9.22. The maximum atomic E-state index is 5.87. The van der Waals surface area contributed by atoms with Crippen molar-refractivity contribution in [2.45, 2.75) is 13.5 Å². The highest BCUT2D eigenvalue weighted by molar-refractivity contribution is 5.47. The van der Waals surface area contributed by atoms with Crippen molar-refractivity contribution < 1.29 is 0 Å². The summed E-state index contributed by atoms with van der Waals surface area (Å²) in [5, 5.41) is 0. The van der Waals surface area contributed by atoms with Crippen molar-refractivity contribution >= 4 is 11.6 Å². The highest BCUT2D eigenvalue weighted by Crippen LogP contribution is 2.16. The van der Waals surface area contributed by atoms with Crippen LogP contribution in [0.1, 0.15) is 11.1 Å². The van der Waals surface area contributed by atoms with Gasteiger partial charge in [-0.15, -0.1) is 0 Å². The number of benzene rings is 1. The van der Waals surface area contributed by atoms with Crippen LogP contribution in [0, 0.1) is 6.92 Å². The second-order valence-corrected chi connectivity index (χ2v) is 5.50. The van der Waals surface area contributed by atoms with Crippen LogP contribution in [0.25, 0.3) is 0 Å². The van der Waals surface area contributed by atoms with Crippen LogP contribution in [0.3, 0.4) is 0 Å². The van der Waals surface area contributed by atoms with E-state index in [9.17, 15) is 0 Å². The van der Waals surface area contributed by atoms with E-state index in [1.807, 2.05) is 12.1 Å². The zero-order chi connectivity index (χ0) is 14.7. The third kappa shape index (κ3) is 3.31. The van der Waals surface area contributed by atoms with Crippen molar-refractivity contribution in [3.05, 3.63) is 47.8 Å². The van der Waals surface area contributed by atoms with Crippen LogP contribution < -0.4 is 10.6 Å². The molecule has 1 aromatic heterocycles. The minimum Gasteiger partial charge on any atom is -0.399 e. The molecule has 0 spiro atoms. The molecule has 1 fully saturated rings. The van der Waals surface area contributed by atoms with Gasteiger partial charge in [0.05, 0.1) is 0 Å². The molecular formula is C16H21N5. The summed E-state index contributed by atoms with van der Waals surface area (Å²) in [7, 11) is 0. The summed E-state index contributed by atoms with van der Waals surface area (Å²) in [6.07, 6.45) is 3.59. The molecule has 0 bridgehead atoms. The van der Waals surface area contributed by atoms with E-state index < -0.39 is 0 Å². The smallest absolute Gasteiger partial charge is 0.225 e. The first-order chi connectivity index (χ1) is 10.2. The number of hydrogen-bond donors (Lipinski definition) is 1. The first-order valence-corrected chi connectivity index (χ1v) is 7.32. The molecule has 0 radical (unpaired) electrons. The largest absolute Gasteiger partial charge is 0.399 e. The first kappa shape index (κ1) is 13.8. The number of hydrogen-bond acceptors (Lipinski definition) is 5. The van der Waals surface area contributed by atoms with Crippen molar-refractivity contribution in [1.82, 2.24) is 14.9 Å². The van der Waals surface area contributed by atoms with E-state index in [0.717, 1.165) is 49.9 Å². The van der Waals surface area contributed by atoms with E-state index >= 15 is 0 Å². The predicted octanol–water partition coefficient (Wildman–Crippen LogP) is 1.69. The SMILES string of the molecule is Cc1cc(CN2CCN(c3ncccn3)CC2)ccc1N. The predicted molar refractivity (Wildman–Crippen MR) is 85.1 cm³/mol. The summed E-state index contributed by atoms with van der Waals surface area (Å²) in [6.45, 7) is 7.04. The number of piperazine rings is 1. The van der Waals surface area contributed by atoms with Crippen molar-refractivity contribution in [2.75, 3.05) is 36.8 Å². The molecule has 0 unspecified atom stereocenters. The lowest BCUT2D eigenvalue weighted by Gasteiger charge is -2.34. The molecule has 1 saturated heterocycles. The van der Waals surface area contributed by atoms with Gasteiger partial charge >= 0.3 is 0 Å². The summed E-state index contributed by atoms with van der Waals surface area (Å²) in [5.74, 6) is 0.834. The van der Waals surface area contributed by atoms with E-state index in [2.05, 4.69) is 38.8 Å². The fourth-order valence-corrected chi connectivity index (χ4v) is 2.65. The summed E-state index contributed by atoms with van der Waals surface area (Å²) in [4.78, 5) is 13.3. The molecule has 3 rings (SSSR count). The van der Waals surface area contributed by atoms with Gasteiger partial charge in [0, 0.05) is 50.8 Å². The zero-order valence-corrected chi connectivity index (χ0v) is 12.4. The van der Waals surface area contributed by atoms with E-state index in [-0.39, 0.29) is 0 Å². The Bertz CT molecular complexity index is 591. The molecule has 1 aliphatic heterocycles. The number of aryl methyl sites for hydroxylation is 1. The lowest BCUT2D eigenvalue weighted by atomic mass is 10.1. The molecule has 0 aliphatic carbocycles. The zero-order valence-electron chi connectivity index (χ0n) is 12.4.